The monoisotopic (exact) mass is 215 g/mol. The topological polar surface area (TPSA) is 39.9 Å². The van der Waals surface area contributed by atoms with Gasteiger partial charge in [-0.05, 0) is 6.07 Å². The summed E-state index contributed by atoms with van der Waals surface area (Å²) in [4.78, 5) is 0. The second kappa shape index (κ2) is 3.33. The summed E-state index contributed by atoms with van der Waals surface area (Å²) in [5.41, 5.74) is 1.18. The van der Waals surface area contributed by atoms with Gasteiger partial charge in [0, 0.05) is 11.5 Å². The van der Waals surface area contributed by atoms with E-state index in [1.807, 2.05) is 22.8 Å². The van der Waals surface area contributed by atoms with Crippen LogP contribution in [0.3, 0.4) is 0 Å². The predicted octanol–water partition coefficient (Wildman–Crippen LogP) is 2.56. The molecule has 0 fully saturated rings. The van der Waals surface area contributed by atoms with E-state index in [0.717, 1.165) is 18.1 Å². The highest BCUT2D eigenvalue weighted by Crippen LogP contribution is 2.32. The standard InChI is InChI=1S/C12H13N3O/c1-8(2)11-13-14-12-15(11)7-9-5-3-4-6-10(9)16-12/h3-6,8H,7H2,1-2H3. The molecule has 0 N–H and O–H groups in total. The molecule has 2 heterocycles. The zero-order chi connectivity index (χ0) is 11.1. The summed E-state index contributed by atoms with van der Waals surface area (Å²) in [6.07, 6.45) is 0. The molecule has 3 rings (SSSR count). The van der Waals surface area contributed by atoms with Crippen LogP contribution < -0.4 is 4.74 Å². The minimum atomic E-state index is 0.357. The first-order valence-electron chi connectivity index (χ1n) is 5.44. The summed E-state index contributed by atoms with van der Waals surface area (Å²) in [7, 11) is 0. The molecule has 0 unspecified atom stereocenters. The van der Waals surface area contributed by atoms with Crippen molar-refractivity contribution in [1.82, 2.24) is 14.8 Å². The SMILES string of the molecule is CC(C)c1nnc2n1Cc1ccccc1O2. The van der Waals surface area contributed by atoms with Crippen molar-refractivity contribution < 1.29 is 4.74 Å². The van der Waals surface area contributed by atoms with Crippen LogP contribution in [0.1, 0.15) is 31.2 Å². The van der Waals surface area contributed by atoms with Gasteiger partial charge in [-0.2, -0.15) is 0 Å². The van der Waals surface area contributed by atoms with Gasteiger partial charge >= 0.3 is 6.01 Å². The number of benzene rings is 1. The van der Waals surface area contributed by atoms with Crippen LogP contribution in [0, 0.1) is 0 Å². The maximum Gasteiger partial charge on any atom is 0.322 e. The summed E-state index contributed by atoms with van der Waals surface area (Å²) in [5.74, 6) is 2.22. The molecular formula is C12H13N3O. The highest BCUT2D eigenvalue weighted by molar-refractivity contribution is 5.38. The highest BCUT2D eigenvalue weighted by Gasteiger charge is 2.22. The molecule has 4 nitrogen and oxygen atoms in total. The normalized spacial score (nSPS) is 13.2. The Hall–Kier alpha value is -1.84. The fourth-order valence-corrected chi connectivity index (χ4v) is 1.95. The van der Waals surface area contributed by atoms with Gasteiger partial charge in [0.1, 0.15) is 11.6 Å². The molecule has 0 aliphatic carbocycles. The van der Waals surface area contributed by atoms with Crippen LogP contribution in [-0.4, -0.2) is 14.8 Å². The summed E-state index contributed by atoms with van der Waals surface area (Å²) in [6, 6.07) is 8.62. The molecule has 1 aliphatic rings. The fourth-order valence-electron chi connectivity index (χ4n) is 1.95. The molecule has 16 heavy (non-hydrogen) atoms. The van der Waals surface area contributed by atoms with E-state index >= 15 is 0 Å². The van der Waals surface area contributed by atoms with Crippen LogP contribution in [0.2, 0.25) is 0 Å². The number of rotatable bonds is 1. The van der Waals surface area contributed by atoms with Crippen LogP contribution in [0.15, 0.2) is 24.3 Å². The van der Waals surface area contributed by atoms with E-state index < -0.39 is 0 Å². The van der Waals surface area contributed by atoms with E-state index in [1.54, 1.807) is 0 Å². The minimum absolute atomic E-state index is 0.357. The van der Waals surface area contributed by atoms with Gasteiger partial charge in [0.2, 0.25) is 0 Å². The molecule has 2 aromatic rings. The molecule has 4 heteroatoms. The summed E-state index contributed by atoms with van der Waals surface area (Å²) in [6.45, 7) is 5.02. The number of nitrogens with zero attached hydrogens (tertiary/aromatic N) is 3. The molecule has 0 saturated heterocycles. The third kappa shape index (κ3) is 1.30. The first-order valence-corrected chi connectivity index (χ1v) is 5.44. The van der Waals surface area contributed by atoms with E-state index in [1.165, 1.54) is 5.56 Å². The van der Waals surface area contributed by atoms with Gasteiger partial charge in [-0.15, -0.1) is 5.10 Å². The van der Waals surface area contributed by atoms with Crippen molar-refractivity contribution >= 4 is 0 Å². The molecule has 0 spiro atoms. The second-order valence-electron chi connectivity index (χ2n) is 4.29. The lowest BCUT2D eigenvalue weighted by molar-refractivity contribution is 0.383. The van der Waals surface area contributed by atoms with Gasteiger partial charge in [0.25, 0.3) is 0 Å². The Bertz CT molecular complexity index is 531. The molecule has 0 saturated carbocycles. The zero-order valence-corrected chi connectivity index (χ0v) is 9.34. The summed E-state index contributed by atoms with van der Waals surface area (Å²) in [5, 5.41) is 8.24. The Morgan fingerprint density at radius 1 is 1.25 bits per heavy atom. The van der Waals surface area contributed by atoms with E-state index in [4.69, 9.17) is 4.74 Å². The first kappa shape index (κ1) is 9.39. The van der Waals surface area contributed by atoms with Crippen LogP contribution in [0.5, 0.6) is 11.8 Å². The van der Waals surface area contributed by atoms with Crippen molar-refractivity contribution in [2.75, 3.05) is 0 Å². The smallest absolute Gasteiger partial charge is 0.322 e. The number of hydrogen-bond acceptors (Lipinski definition) is 3. The quantitative estimate of drug-likeness (QED) is 0.626. The average molecular weight is 215 g/mol. The predicted molar refractivity (Wildman–Crippen MR) is 59.7 cm³/mol. The average Bonchev–Trinajstić information content (AvgIpc) is 2.68. The second-order valence-corrected chi connectivity index (χ2v) is 4.29. The van der Waals surface area contributed by atoms with Gasteiger partial charge < -0.3 is 4.74 Å². The van der Waals surface area contributed by atoms with Crippen LogP contribution in [-0.2, 0) is 6.54 Å². The Balaban J connectivity index is 2.07. The van der Waals surface area contributed by atoms with Crippen molar-refractivity contribution in [1.29, 1.82) is 0 Å². The van der Waals surface area contributed by atoms with Crippen LogP contribution >= 0.6 is 0 Å². The zero-order valence-electron chi connectivity index (χ0n) is 9.34. The summed E-state index contributed by atoms with van der Waals surface area (Å²) < 4.78 is 7.73. The molecule has 82 valence electrons. The van der Waals surface area contributed by atoms with E-state index in [0.29, 0.717) is 11.9 Å². The van der Waals surface area contributed by atoms with Crippen molar-refractivity contribution in [2.45, 2.75) is 26.3 Å². The maximum atomic E-state index is 5.70. The molecule has 0 amide bonds. The highest BCUT2D eigenvalue weighted by atomic mass is 16.5. The van der Waals surface area contributed by atoms with E-state index in [2.05, 4.69) is 30.1 Å². The van der Waals surface area contributed by atoms with Gasteiger partial charge in [0.05, 0.1) is 6.54 Å². The minimum Gasteiger partial charge on any atom is -0.424 e. The third-order valence-electron chi connectivity index (χ3n) is 2.76. The third-order valence-corrected chi connectivity index (χ3v) is 2.76. The van der Waals surface area contributed by atoms with Crippen molar-refractivity contribution in [3.05, 3.63) is 35.7 Å². The summed E-state index contributed by atoms with van der Waals surface area (Å²) >= 11 is 0. The number of para-hydroxylation sites is 1. The lowest BCUT2D eigenvalue weighted by atomic mass is 10.1. The maximum absolute atomic E-state index is 5.70. The Labute approximate surface area is 93.9 Å². The van der Waals surface area contributed by atoms with Crippen molar-refractivity contribution in [2.24, 2.45) is 0 Å². The molecule has 0 atom stereocenters. The van der Waals surface area contributed by atoms with E-state index in [-0.39, 0.29) is 0 Å². The van der Waals surface area contributed by atoms with Crippen LogP contribution in [0.25, 0.3) is 0 Å². The largest absolute Gasteiger partial charge is 0.424 e. The Morgan fingerprint density at radius 3 is 2.88 bits per heavy atom. The number of ether oxygens (including phenoxy) is 1. The van der Waals surface area contributed by atoms with Crippen LogP contribution in [0.4, 0.5) is 0 Å². The first-order chi connectivity index (χ1) is 7.75. The number of fused-ring (bicyclic) bond motifs is 2. The fraction of sp³-hybridized carbons (Fsp3) is 0.333. The lowest BCUT2D eigenvalue weighted by Gasteiger charge is -2.19. The molecule has 1 aliphatic heterocycles. The molecular weight excluding hydrogens is 202 g/mol. The van der Waals surface area contributed by atoms with Gasteiger partial charge in [-0.1, -0.05) is 37.1 Å². The molecule has 0 bridgehead atoms. The lowest BCUT2D eigenvalue weighted by Crippen LogP contribution is -2.13. The number of aromatic nitrogens is 3. The Morgan fingerprint density at radius 2 is 2.06 bits per heavy atom. The number of hydrogen-bond donors (Lipinski definition) is 0. The molecule has 0 radical (unpaired) electrons. The van der Waals surface area contributed by atoms with E-state index in [9.17, 15) is 0 Å². The molecule has 1 aromatic heterocycles. The van der Waals surface area contributed by atoms with Crippen molar-refractivity contribution in [3.8, 4) is 11.8 Å². The van der Waals surface area contributed by atoms with Gasteiger partial charge in [-0.3, -0.25) is 4.57 Å². The van der Waals surface area contributed by atoms with Crippen molar-refractivity contribution in [3.63, 3.8) is 0 Å². The van der Waals surface area contributed by atoms with Gasteiger partial charge in [0.15, 0.2) is 0 Å². The van der Waals surface area contributed by atoms with Gasteiger partial charge in [-0.25, -0.2) is 0 Å². The molecule has 1 aromatic carbocycles. The Kier molecular flexibility index (Phi) is 1.96.